The second kappa shape index (κ2) is 7.34. The van der Waals surface area contributed by atoms with Gasteiger partial charge >= 0.3 is 0 Å². The first-order valence-corrected chi connectivity index (χ1v) is 7.72. The van der Waals surface area contributed by atoms with Gasteiger partial charge in [-0.05, 0) is 36.6 Å². The van der Waals surface area contributed by atoms with Crippen molar-refractivity contribution >= 4 is 0 Å². The molecule has 0 bridgehead atoms. The molecule has 0 saturated carbocycles. The van der Waals surface area contributed by atoms with Gasteiger partial charge in [0.25, 0.3) is 0 Å². The van der Waals surface area contributed by atoms with Crippen LogP contribution in [0.2, 0.25) is 0 Å². The van der Waals surface area contributed by atoms with Crippen LogP contribution in [-0.4, -0.2) is 42.7 Å². The number of nitrogens with zero attached hydrogens (tertiary/aromatic N) is 2. The maximum atomic E-state index is 5.39. The minimum absolute atomic E-state index is 0.881. The third-order valence-electron chi connectivity index (χ3n) is 4.01. The van der Waals surface area contributed by atoms with Gasteiger partial charge in [-0.3, -0.25) is 9.88 Å². The molecule has 3 nitrogen and oxygen atoms in total. The molecule has 0 atom stereocenters. The van der Waals surface area contributed by atoms with Crippen molar-refractivity contribution < 1.29 is 4.74 Å². The molecule has 2 aromatic rings. The lowest BCUT2D eigenvalue weighted by Gasteiger charge is -2.26. The van der Waals surface area contributed by atoms with E-state index in [1.54, 1.807) is 0 Å². The average molecular weight is 282 g/mol. The van der Waals surface area contributed by atoms with Crippen LogP contribution >= 0.6 is 0 Å². The monoisotopic (exact) mass is 282 g/mol. The SMILES string of the molecule is c1cncc(-c2ccccc2CCCN2CCOCC2)c1. The van der Waals surface area contributed by atoms with E-state index in [1.165, 1.54) is 23.1 Å². The highest BCUT2D eigenvalue weighted by molar-refractivity contribution is 5.66. The Labute approximate surface area is 126 Å². The van der Waals surface area contributed by atoms with Crippen LogP contribution < -0.4 is 0 Å². The quantitative estimate of drug-likeness (QED) is 0.843. The molecule has 1 aliphatic heterocycles. The molecule has 2 heterocycles. The summed E-state index contributed by atoms with van der Waals surface area (Å²) in [7, 11) is 0. The Bertz CT molecular complexity index is 550. The Kier molecular flexibility index (Phi) is 4.98. The van der Waals surface area contributed by atoms with E-state index in [2.05, 4.69) is 40.2 Å². The summed E-state index contributed by atoms with van der Waals surface area (Å²) in [4.78, 5) is 6.73. The van der Waals surface area contributed by atoms with Gasteiger partial charge in [-0.15, -0.1) is 0 Å². The number of aryl methyl sites for hydroxylation is 1. The fourth-order valence-electron chi connectivity index (χ4n) is 2.86. The van der Waals surface area contributed by atoms with Crippen molar-refractivity contribution in [3.05, 3.63) is 54.4 Å². The lowest BCUT2D eigenvalue weighted by Crippen LogP contribution is -2.36. The molecule has 21 heavy (non-hydrogen) atoms. The van der Waals surface area contributed by atoms with Gasteiger partial charge in [-0.1, -0.05) is 30.3 Å². The maximum absolute atomic E-state index is 5.39. The standard InChI is InChI=1S/C18H22N2O/c1-2-8-18(17-6-3-9-19-15-17)16(5-1)7-4-10-20-11-13-21-14-12-20/h1-3,5-6,8-9,15H,4,7,10-14H2. The summed E-state index contributed by atoms with van der Waals surface area (Å²) in [6.07, 6.45) is 6.07. The molecule has 0 aliphatic carbocycles. The zero-order chi connectivity index (χ0) is 14.3. The summed E-state index contributed by atoms with van der Waals surface area (Å²) in [5.41, 5.74) is 3.94. The number of benzene rings is 1. The number of morpholine rings is 1. The fraction of sp³-hybridized carbons (Fsp3) is 0.389. The Morgan fingerprint density at radius 1 is 1.05 bits per heavy atom. The number of aromatic nitrogens is 1. The number of ether oxygens (including phenoxy) is 1. The molecule has 1 saturated heterocycles. The van der Waals surface area contributed by atoms with Crippen LogP contribution in [0.4, 0.5) is 0 Å². The van der Waals surface area contributed by atoms with E-state index in [-0.39, 0.29) is 0 Å². The second-order valence-electron chi connectivity index (χ2n) is 5.46. The van der Waals surface area contributed by atoms with Crippen molar-refractivity contribution in [2.45, 2.75) is 12.8 Å². The second-order valence-corrected chi connectivity index (χ2v) is 5.46. The first kappa shape index (κ1) is 14.2. The summed E-state index contributed by atoms with van der Waals surface area (Å²) in [6.45, 7) is 5.07. The van der Waals surface area contributed by atoms with Gasteiger partial charge in [0.15, 0.2) is 0 Å². The van der Waals surface area contributed by atoms with Crippen LogP contribution in [0.3, 0.4) is 0 Å². The van der Waals surface area contributed by atoms with Crippen molar-refractivity contribution in [2.75, 3.05) is 32.8 Å². The summed E-state index contributed by atoms with van der Waals surface area (Å²) < 4.78 is 5.39. The molecule has 110 valence electrons. The van der Waals surface area contributed by atoms with Crippen molar-refractivity contribution in [3.8, 4) is 11.1 Å². The number of hydrogen-bond acceptors (Lipinski definition) is 3. The van der Waals surface area contributed by atoms with Crippen LogP contribution in [0.1, 0.15) is 12.0 Å². The molecule has 1 aliphatic rings. The normalized spacial score (nSPS) is 16.0. The highest BCUT2D eigenvalue weighted by atomic mass is 16.5. The lowest BCUT2D eigenvalue weighted by atomic mass is 9.98. The van der Waals surface area contributed by atoms with Gasteiger partial charge in [0, 0.05) is 31.0 Å². The maximum Gasteiger partial charge on any atom is 0.0594 e. The Morgan fingerprint density at radius 2 is 1.90 bits per heavy atom. The Balaban J connectivity index is 1.63. The summed E-state index contributed by atoms with van der Waals surface area (Å²) in [5, 5.41) is 0. The smallest absolute Gasteiger partial charge is 0.0594 e. The molecule has 0 radical (unpaired) electrons. The first-order chi connectivity index (χ1) is 10.4. The van der Waals surface area contributed by atoms with Gasteiger partial charge in [-0.2, -0.15) is 0 Å². The van der Waals surface area contributed by atoms with E-state index in [9.17, 15) is 0 Å². The van der Waals surface area contributed by atoms with Crippen molar-refractivity contribution in [1.29, 1.82) is 0 Å². The highest BCUT2D eigenvalue weighted by Crippen LogP contribution is 2.23. The van der Waals surface area contributed by atoms with Crippen molar-refractivity contribution in [1.82, 2.24) is 9.88 Å². The number of pyridine rings is 1. The van der Waals surface area contributed by atoms with Crippen LogP contribution in [0.15, 0.2) is 48.8 Å². The summed E-state index contributed by atoms with van der Waals surface area (Å²) in [6, 6.07) is 12.8. The van der Waals surface area contributed by atoms with Crippen LogP contribution in [0.25, 0.3) is 11.1 Å². The highest BCUT2D eigenvalue weighted by Gasteiger charge is 2.10. The van der Waals surface area contributed by atoms with Crippen LogP contribution in [-0.2, 0) is 11.2 Å². The van der Waals surface area contributed by atoms with E-state index in [0.29, 0.717) is 0 Å². The van der Waals surface area contributed by atoms with Crippen molar-refractivity contribution in [2.24, 2.45) is 0 Å². The van der Waals surface area contributed by atoms with E-state index < -0.39 is 0 Å². The third kappa shape index (κ3) is 3.90. The molecule has 1 fully saturated rings. The molecular weight excluding hydrogens is 260 g/mol. The van der Waals surface area contributed by atoms with Gasteiger partial charge in [0.2, 0.25) is 0 Å². The van der Waals surface area contributed by atoms with E-state index in [4.69, 9.17) is 4.74 Å². The van der Waals surface area contributed by atoms with Gasteiger partial charge in [0.1, 0.15) is 0 Å². The number of hydrogen-bond donors (Lipinski definition) is 0. The number of rotatable bonds is 5. The predicted molar refractivity (Wildman–Crippen MR) is 85.3 cm³/mol. The molecule has 1 aromatic heterocycles. The summed E-state index contributed by atoms with van der Waals surface area (Å²) >= 11 is 0. The molecule has 0 spiro atoms. The van der Waals surface area contributed by atoms with E-state index in [0.717, 1.165) is 39.3 Å². The molecule has 3 rings (SSSR count). The van der Waals surface area contributed by atoms with E-state index in [1.807, 2.05) is 18.5 Å². The van der Waals surface area contributed by atoms with Crippen LogP contribution in [0.5, 0.6) is 0 Å². The zero-order valence-electron chi connectivity index (χ0n) is 12.4. The fourth-order valence-corrected chi connectivity index (χ4v) is 2.86. The average Bonchev–Trinajstić information content (AvgIpc) is 2.57. The first-order valence-electron chi connectivity index (χ1n) is 7.72. The van der Waals surface area contributed by atoms with Gasteiger partial charge in [0.05, 0.1) is 13.2 Å². The van der Waals surface area contributed by atoms with Crippen LogP contribution in [0, 0.1) is 0 Å². The molecule has 1 aromatic carbocycles. The summed E-state index contributed by atoms with van der Waals surface area (Å²) in [5.74, 6) is 0. The lowest BCUT2D eigenvalue weighted by molar-refractivity contribution is 0.0375. The molecule has 0 unspecified atom stereocenters. The largest absolute Gasteiger partial charge is 0.379 e. The zero-order valence-corrected chi connectivity index (χ0v) is 12.4. The topological polar surface area (TPSA) is 25.4 Å². The molecule has 0 amide bonds. The Hall–Kier alpha value is -1.71. The molecule has 3 heteroatoms. The van der Waals surface area contributed by atoms with Gasteiger partial charge in [-0.25, -0.2) is 0 Å². The minimum Gasteiger partial charge on any atom is -0.379 e. The van der Waals surface area contributed by atoms with E-state index >= 15 is 0 Å². The minimum atomic E-state index is 0.881. The molecular formula is C18H22N2O. The van der Waals surface area contributed by atoms with Crippen molar-refractivity contribution in [3.63, 3.8) is 0 Å². The molecule has 0 N–H and O–H groups in total. The Morgan fingerprint density at radius 3 is 2.71 bits per heavy atom. The van der Waals surface area contributed by atoms with Gasteiger partial charge < -0.3 is 4.74 Å². The third-order valence-corrected chi connectivity index (χ3v) is 4.01. The predicted octanol–water partition coefficient (Wildman–Crippen LogP) is 3.01.